The molecule has 0 saturated carbocycles. The molecule has 30 heavy (non-hydrogen) atoms. The van der Waals surface area contributed by atoms with Crippen LogP contribution in [0, 0.1) is 5.82 Å². The molecule has 0 aliphatic carbocycles. The van der Waals surface area contributed by atoms with E-state index in [0.717, 1.165) is 30.4 Å². The number of aryl methyl sites for hydroxylation is 1. The Labute approximate surface area is 174 Å². The number of rotatable bonds is 6. The van der Waals surface area contributed by atoms with E-state index >= 15 is 0 Å². The summed E-state index contributed by atoms with van der Waals surface area (Å²) in [7, 11) is 0. The third-order valence-electron chi connectivity index (χ3n) is 5.31. The highest BCUT2D eigenvalue weighted by molar-refractivity contribution is 5.94. The summed E-state index contributed by atoms with van der Waals surface area (Å²) in [5.74, 6) is 0.910. The van der Waals surface area contributed by atoms with Crippen LogP contribution in [0.4, 0.5) is 16.0 Å². The molecular formula is C22H25FN6O. The summed E-state index contributed by atoms with van der Waals surface area (Å²) < 4.78 is 14.5. The minimum absolute atomic E-state index is 0.169. The van der Waals surface area contributed by atoms with Crippen molar-refractivity contribution >= 4 is 17.5 Å². The fourth-order valence-electron chi connectivity index (χ4n) is 3.63. The predicted molar refractivity (Wildman–Crippen MR) is 113 cm³/mol. The monoisotopic (exact) mass is 408 g/mol. The number of benzene rings is 1. The average Bonchev–Trinajstić information content (AvgIpc) is 3.27. The van der Waals surface area contributed by atoms with Crippen LogP contribution >= 0.6 is 0 Å². The van der Waals surface area contributed by atoms with Crippen molar-refractivity contribution in [3.8, 4) is 0 Å². The van der Waals surface area contributed by atoms with Crippen molar-refractivity contribution in [3.05, 3.63) is 71.3 Å². The summed E-state index contributed by atoms with van der Waals surface area (Å²) in [4.78, 5) is 21.4. The molecule has 0 radical (unpaired) electrons. The van der Waals surface area contributed by atoms with Gasteiger partial charge in [-0.2, -0.15) is 5.10 Å². The molecule has 1 fully saturated rings. The summed E-state index contributed by atoms with van der Waals surface area (Å²) in [6, 6.07) is 12.7. The molecule has 8 heteroatoms. The molecule has 1 amide bonds. The number of H-pyrrole nitrogens is 1. The van der Waals surface area contributed by atoms with Crippen LogP contribution < -0.4 is 5.32 Å². The van der Waals surface area contributed by atoms with Gasteiger partial charge in [0.05, 0.1) is 17.5 Å². The molecular weight excluding hydrogens is 383 g/mol. The number of hydrogen-bond donors (Lipinski definition) is 2. The molecule has 1 saturated heterocycles. The molecule has 1 aromatic carbocycles. The number of nitrogens with one attached hydrogen (secondary N) is 2. The maximum Gasteiger partial charge on any atom is 0.256 e. The fraction of sp³-hybridized carbons (Fsp3) is 0.318. The summed E-state index contributed by atoms with van der Waals surface area (Å²) in [5, 5.41) is 9.94. The predicted octanol–water partition coefficient (Wildman–Crippen LogP) is 3.21. The number of anilines is 2. The molecule has 1 aliphatic rings. The van der Waals surface area contributed by atoms with Crippen molar-refractivity contribution in [2.24, 2.45) is 0 Å². The van der Waals surface area contributed by atoms with E-state index in [4.69, 9.17) is 0 Å². The van der Waals surface area contributed by atoms with Gasteiger partial charge in [-0.25, -0.2) is 9.37 Å². The number of piperazine rings is 1. The van der Waals surface area contributed by atoms with E-state index in [9.17, 15) is 9.18 Å². The van der Waals surface area contributed by atoms with Crippen LogP contribution in [0.5, 0.6) is 0 Å². The molecule has 0 spiro atoms. The lowest BCUT2D eigenvalue weighted by molar-refractivity contribution is 0.0622. The van der Waals surface area contributed by atoms with Gasteiger partial charge in [0.2, 0.25) is 0 Å². The third kappa shape index (κ3) is 4.49. The minimum Gasteiger partial charge on any atom is -0.336 e. The molecule has 4 rings (SSSR count). The van der Waals surface area contributed by atoms with Gasteiger partial charge in [0.25, 0.3) is 5.91 Å². The van der Waals surface area contributed by atoms with Crippen LogP contribution in [0.25, 0.3) is 0 Å². The number of nitrogens with zero attached hydrogens (tertiary/aromatic N) is 4. The topological polar surface area (TPSA) is 77.2 Å². The van der Waals surface area contributed by atoms with Crippen molar-refractivity contribution in [3.63, 3.8) is 0 Å². The molecule has 2 N–H and O–H groups in total. The highest BCUT2D eigenvalue weighted by Crippen LogP contribution is 2.18. The minimum atomic E-state index is -0.391. The quantitative estimate of drug-likeness (QED) is 0.655. The van der Waals surface area contributed by atoms with E-state index in [1.165, 1.54) is 0 Å². The molecule has 0 atom stereocenters. The van der Waals surface area contributed by atoms with Gasteiger partial charge in [-0.3, -0.25) is 14.8 Å². The summed E-state index contributed by atoms with van der Waals surface area (Å²) in [5.41, 5.74) is 1.69. The van der Waals surface area contributed by atoms with Crippen LogP contribution in [-0.4, -0.2) is 57.1 Å². The Balaban J connectivity index is 1.34. The molecule has 0 bridgehead atoms. The molecule has 156 valence electrons. The zero-order valence-electron chi connectivity index (χ0n) is 16.9. The Hall–Kier alpha value is -3.26. The maximum atomic E-state index is 14.5. The summed E-state index contributed by atoms with van der Waals surface area (Å²) in [6.45, 7) is 5.17. The Morgan fingerprint density at radius 1 is 1.13 bits per heavy atom. The van der Waals surface area contributed by atoms with Crippen molar-refractivity contribution < 1.29 is 9.18 Å². The normalized spacial score (nSPS) is 14.7. The lowest BCUT2D eigenvalue weighted by Crippen LogP contribution is -2.48. The van der Waals surface area contributed by atoms with Crippen molar-refractivity contribution in [1.82, 2.24) is 25.0 Å². The number of aromatic amines is 1. The van der Waals surface area contributed by atoms with Crippen molar-refractivity contribution in [2.45, 2.75) is 19.9 Å². The van der Waals surface area contributed by atoms with E-state index in [0.29, 0.717) is 31.6 Å². The molecule has 1 aliphatic heterocycles. The molecule has 2 aromatic heterocycles. The molecule has 7 nitrogen and oxygen atoms in total. The SMILES string of the molecule is CCc1cccc(C(=O)N2CCN(Cc3cccc(Nc4ccn[nH]4)n3)CC2)c1F. The van der Waals surface area contributed by atoms with Crippen LogP contribution in [0.1, 0.15) is 28.5 Å². The zero-order valence-corrected chi connectivity index (χ0v) is 16.9. The molecule has 3 aromatic rings. The maximum absolute atomic E-state index is 14.5. The number of amides is 1. The number of carbonyl (C=O) groups is 1. The van der Waals surface area contributed by atoms with Gasteiger partial charge in [0.15, 0.2) is 0 Å². The first kappa shape index (κ1) is 20.0. The molecule has 3 heterocycles. The van der Waals surface area contributed by atoms with Crippen molar-refractivity contribution in [1.29, 1.82) is 0 Å². The van der Waals surface area contributed by atoms with E-state index in [1.807, 2.05) is 31.2 Å². The first-order chi connectivity index (χ1) is 14.6. The number of carbonyl (C=O) groups excluding carboxylic acids is 1. The number of hydrogen-bond acceptors (Lipinski definition) is 5. The Kier molecular flexibility index (Phi) is 6.04. The second-order valence-corrected chi connectivity index (χ2v) is 7.31. The van der Waals surface area contributed by atoms with Gasteiger partial charge in [-0.1, -0.05) is 25.1 Å². The average molecular weight is 408 g/mol. The van der Waals surface area contributed by atoms with Crippen LogP contribution in [0.15, 0.2) is 48.7 Å². The van der Waals surface area contributed by atoms with Crippen LogP contribution in [0.2, 0.25) is 0 Å². The Morgan fingerprint density at radius 3 is 2.67 bits per heavy atom. The lowest BCUT2D eigenvalue weighted by Gasteiger charge is -2.34. The summed E-state index contributed by atoms with van der Waals surface area (Å²) in [6.07, 6.45) is 2.25. The Bertz CT molecular complexity index is 999. The first-order valence-electron chi connectivity index (χ1n) is 10.2. The number of aromatic nitrogens is 3. The standard InChI is InChI=1S/C22H25FN6O/c1-2-16-5-3-7-18(21(16)23)22(30)29-13-11-28(12-14-29)15-17-6-4-8-19(25-17)26-20-9-10-24-27-20/h3-10H,2,11-15H2,1H3,(H2,24,25,26,27). The number of pyridine rings is 1. The fourth-order valence-corrected chi connectivity index (χ4v) is 3.63. The zero-order chi connectivity index (χ0) is 20.9. The lowest BCUT2D eigenvalue weighted by atomic mass is 10.1. The van der Waals surface area contributed by atoms with Gasteiger partial charge in [-0.05, 0) is 30.2 Å². The van der Waals surface area contributed by atoms with E-state index in [-0.39, 0.29) is 11.5 Å². The smallest absolute Gasteiger partial charge is 0.256 e. The first-order valence-corrected chi connectivity index (χ1v) is 10.2. The molecule has 0 unspecified atom stereocenters. The van der Waals surface area contributed by atoms with Gasteiger partial charge < -0.3 is 10.2 Å². The van der Waals surface area contributed by atoms with Gasteiger partial charge in [0.1, 0.15) is 17.5 Å². The van der Waals surface area contributed by atoms with E-state index in [2.05, 4.69) is 25.4 Å². The highest BCUT2D eigenvalue weighted by atomic mass is 19.1. The van der Waals surface area contributed by atoms with Crippen LogP contribution in [0.3, 0.4) is 0 Å². The van der Waals surface area contributed by atoms with Crippen molar-refractivity contribution in [2.75, 3.05) is 31.5 Å². The van der Waals surface area contributed by atoms with E-state index < -0.39 is 5.82 Å². The Morgan fingerprint density at radius 2 is 1.93 bits per heavy atom. The van der Waals surface area contributed by atoms with Gasteiger partial charge >= 0.3 is 0 Å². The summed E-state index contributed by atoms with van der Waals surface area (Å²) >= 11 is 0. The largest absolute Gasteiger partial charge is 0.336 e. The van der Waals surface area contributed by atoms with E-state index in [1.54, 1.807) is 29.3 Å². The van der Waals surface area contributed by atoms with Gasteiger partial charge in [0, 0.05) is 38.8 Å². The van der Waals surface area contributed by atoms with Gasteiger partial charge in [-0.15, -0.1) is 0 Å². The second kappa shape index (κ2) is 9.04. The number of halogens is 1. The third-order valence-corrected chi connectivity index (χ3v) is 5.31. The van der Waals surface area contributed by atoms with Crippen LogP contribution in [-0.2, 0) is 13.0 Å². The second-order valence-electron chi connectivity index (χ2n) is 7.31. The highest BCUT2D eigenvalue weighted by Gasteiger charge is 2.25.